The highest BCUT2D eigenvalue weighted by atomic mass is 32.1. The second kappa shape index (κ2) is 14.0. The van der Waals surface area contributed by atoms with E-state index < -0.39 is 17.7 Å². The number of nitrogens with zero attached hydrogens (tertiary/aromatic N) is 2. The lowest BCUT2D eigenvalue weighted by Gasteiger charge is -2.24. The van der Waals surface area contributed by atoms with Crippen LogP contribution in [0.2, 0.25) is 0 Å². The van der Waals surface area contributed by atoms with Crippen LogP contribution in [-0.2, 0) is 16.2 Å². The second-order valence-electron chi connectivity index (χ2n) is 10.9. The van der Waals surface area contributed by atoms with Gasteiger partial charge < -0.3 is 24.1 Å². The maximum Gasteiger partial charge on any atom is 0.301 e. The van der Waals surface area contributed by atoms with Gasteiger partial charge in [0, 0.05) is 5.56 Å². The van der Waals surface area contributed by atoms with Gasteiger partial charge in [-0.15, -0.1) is 0 Å². The van der Waals surface area contributed by atoms with Gasteiger partial charge in [0.15, 0.2) is 16.6 Å². The Morgan fingerprint density at radius 2 is 1.70 bits per heavy atom. The first-order chi connectivity index (χ1) is 22.9. The molecule has 1 aliphatic heterocycles. The van der Waals surface area contributed by atoms with E-state index in [1.165, 1.54) is 23.3 Å². The van der Waals surface area contributed by atoms with Crippen LogP contribution >= 0.6 is 11.3 Å². The Bertz CT molecular complexity index is 1950. The summed E-state index contributed by atoms with van der Waals surface area (Å²) >= 11 is 1.25. The summed E-state index contributed by atoms with van der Waals surface area (Å²) in [5.41, 5.74) is 2.44. The number of fused-ring (bicyclic) bond motifs is 1. The number of hydrogen-bond acceptors (Lipinski definition) is 9. The van der Waals surface area contributed by atoms with Crippen LogP contribution in [0.1, 0.15) is 42.5 Å². The molecule has 6 rings (SSSR count). The first kappa shape index (κ1) is 31.6. The van der Waals surface area contributed by atoms with Crippen LogP contribution in [0.4, 0.5) is 5.13 Å². The average molecular weight is 651 g/mol. The molecule has 0 saturated carbocycles. The van der Waals surface area contributed by atoms with Crippen LogP contribution in [0.5, 0.6) is 23.0 Å². The summed E-state index contributed by atoms with van der Waals surface area (Å²) in [4.78, 5) is 33.7. The van der Waals surface area contributed by atoms with Crippen LogP contribution in [0.15, 0.2) is 96.6 Å². The molecular formula is C37H34N2O7S. The van der Waals surface area contributed by atoms with Gasteiger partial charge in [0.2, 0.25) is 0 Å². The van der Waals surface area contributed by atoms with Crippen molar-refractivity contribution in [3.63, 3.8) is 0 Å². The van der Waals surface area contributed by atoms with E-state index in [9.17, 15) is 14.7 Å². The molecule has 9 nitrogen and oxygen atoms in total. The summed E-state index contributed by atoms with van der Waals surface area (Å²) in [6, 6.07) is 26.2. The molecule has 240 valence electrons. The molecule has 10 heteroatoms. The van der Waals surface area contributed by atoms with E-state index in [-0.39, 0.29) is 11.3 Å². The Labute approximate surface area is 276 Å². The highest BCUT2D eigenvalue weighted by Crippen LogP contribution is 2.46. The highest BCUT2D eigenvalue weighted by Gasteiger charge is 2.48. The number of anilines is 1. The summed E-state index contributed by atoms with van der Waals surface area (Å²) in [6.07, 6.45) is 1.85. The molecule has 47 heavy (non-hydrogen) atoms. The van der Waals surface area contributed by atoms with Gasteiger partial charge in [0.1, 0.15) is 23.9 Å². The zero-order valence-corrected chi connectivity index (χ0v) is 27.1. The van der Waals surface area contributed by atoms with E-state index in [2.05, 4.69) is 6.92 Å². The van der Waals surface area contributed by atoms with Gasteiger partial charge in [-0.05, 0) is 60.0 Å². The van der Waals surface area contributed by atoms with E-state index in [1.54, 1.807) is 61.7 Å². The van der Waals surface area contributed by atoms with Crippen molar-refractivity contribution in [2.45, 2.75) is 32.4 Å². The lowest BCUT2D eigenvalue weighted by Crippen LogP contribution is -2.29. The number of thiazole rings is 1. The fourth-order valence-electron chi connectivity index (χ4n) is 5.40. The Morgan fingerprint density at radius 1 is 0.872 bits per heavy atom. The SMILES string of the molecule is CCCCOc1cccc(C(O)=C2C(=O)C(=O)N(c3nc4ccc(OC)cc4s3)C2c2ccc(OCc3ccccc3)c(OC)c2)c1. The summed E-state index contributed by atoms with van der Waals surface area (Å²) in [7, 11) is 3.10. The van der Waals surface area contributed by atoms with Crippen molar-refractivity contribution in [2.24, 2.45) is 0 Å². The van der Waals surface area contributed by atoms with Gasteiger partial charge in [-0.25, -0.2) is 4.98 Å². The van der Waals surface area contributed by atoms with Crippen molar-refractivity contribution >= 4 is 44.1 Å². The van der Waals surface area contributed by atoms with Gasteiger partial charge >= 0.3 is 5.91 Å². The molecule has 1 N–H and O–H groups in total. The van der Waals surface area contributed by atoms with E-state index in [0.717, 1.165) is 23.1 Å². The van der Waals surface area contributed by atoms with Gasteiger partial charge in [0.05, 0.1) is 42.7 Å². The third-order valence-corrected chi connectivity index (χ3v) is 8.87. The molecule has 1 saturated heterocycles. The van der Waals surface area contributed by atoms with E-state index >= 15 is 0 Å². The van der Waals surface area contributed by atoms with Crippen molar-refractivity contribution in [3.05, 3.63) is 113 Å². The fourth-order valence-corrected chi connectivity index (χ4v) is 6.42. The van der Waals surface area contributed by atoms with Crippen molar-refractivity contribution in [1.82, 2.24) is 4.98 Å². The zero-order chi connectivity index (χ0) is 32.9. The van der Waals surface area contributed by atoms with E-state index in [0.29, 0.717) is 58.0 Å². The predicted molar refractivity (Wildman–Crippen MR) is 182 cm³/mol. The van der Waals surface area contributed by atoms with Crippen molar-refractivity contribution in [1.29, 1.82) is 0 Å². The summed E-state index contributed by atoms with van der Waals surface area (Å²) in [5.74, 6) is 0.137. The van der Waals surface area contributed by atoms with Crippen LogP contribution in [0.25, 0.3) is 16.0 Å². The normalized spacial score (nSPS) is 15.6. The Hall–Kier alpha value is -5.35. The van der Waals surface area contributed by atoms with Crippen LogP contribution in [0.3, 0.4) is 0 Å². The molecule has 1 amide bonds. The lowest BCUT2D eigenvalue weighted by atomic mass is 9.95. The number of ketones is 1. The number of carbonyl (C=O) groups excluding carboxylic acids is 2. The van der Waals surface area contributed by atoms with Gasteiger partial charge in [0.25, 0.3) is 5.78 Å². The molecule has 0 aliphatic carbocycles. The number of carbonyl (C=O) groups is 2. The number of amides is 1. The first-order valence-electron chi connectivity index (χ1n) is 15.2. The average Bonchev–Trinajstić information content (AvgIpc) is 3.64. The molecule has 4 aromatic carbocycles. The van der Waals surface area contributed by atoms with E-state index in [4.69, 9.17) is 23.9 Å². The summed E-state index contributed by atoms with van der Waals surface area (Å²) in [5, 5.41) is 12.0. The third kappa shape index (κ3) is 6.50. The number of aliphatic hydroxyl groups excluding tert-OH is 1. The zero-order valence-electron chi connectivity index (χ0n) is 26.3. The molecular weight excluding hydrogens is 616 g/mol. The standard InChI is InChI=1S/C37H34N2O7S/c1-4-5-18-45-27-13-9-12-25(19-27)34(40)32-33(24-14-17-29(30(20-24)44-3)46-22-23-10-7-6-8-11-23)39(36(42)35(32)41)37-38-28-16-15-26(43-2)21-31(28)47-37/h6-17,19-21,33,40H,4-5,18,22H2,1-3H3. The first-order valence-corrected chi connectivity index (χ1v) is 16.1. The van der Waals surface area contributed by atoms with Gasteiger partial charge in [-0.3, -0.25) is 14.5 Å². The topological polar surface area (TPSA) is 107 Å². The summed E-state index contributed by atoms with van der Waals surface area (Å²) < 4.78 is 23.8. The number of methoxy groups -OCH3 is 2. The number of hydrogen-bond donors (Lipinski definition) is 1. The number of unbranched alkanes of at least 4 members (excludes halogenated alkanes) is 1. The Balaban J connectivity index is 1.45. The molecule has 0 bridgehead atoms. The number of benzene rings is 4. The number of aliphatic hydroxyl groups is 1. The van der Waals surface area contributed by atoms with Gasteiger partial charge in [-0.1, -0.05) is 73.2 Å². The van der Waals surface area contributed by atoms with Crippen LogP contribution < -0.4 is 23.8 Å². The van der Waals surface area contributed by atoms with Crippen LogP contribution in [-0.4, -0.2) is 42.6 Å². The molecule has 0 radical (unpaired) electrons. The van der Waals surface area contributed by atoms with Crippen molar-refractivity contribution in [2.75, 3.05) is 25.7 Å². The molecule has 0 spiro atoms. The second-order valence-corrected chi connectivity index (χ2v) is 11.9. The largest absolute Gasteiger partial charge is 0.507 e. The number of aromatic nitrogens is 1. The molecule has 2 heterocycles. The molecule has 1 aromatic heterocycles. The van der Waals surface area contributed by atoms with E-state index in [1.807, 2.05) is 36.4 Å². The molecule has 1 atom stereocenters. The minimum absolute atomic E-state index is 0.0717. The molecule has 1 unspecified atom stereocenters. The van der Waals surface area contributed by atoms with Crippen LogP contribution in [0, 0.1) is 0 Å². The minimum Gasteiger partial charge on any atom is -0.507 e. The molecule has 5 aromatic rings. The quantitative estimate of drug-likeness (QED) is 0.0634. The maximum atomic E-state index is 13.9. The molecule has 1 aliphatic rings. The number of rotatable bonds is 12. The lowest BCUT2D eigenvalue weighted by molar-refractivity contribution is -0.132. The maximum absolute atomic E-state index is 13.9. The summed E-state index contributed by atoms with van der Waals surface area (Å²) in [6.45, 7) is 2.91. The monoisotopic (exact) mass is 650 g/mol. The number of Topliss-reactive ketones (excluding diaryl/α,β-unsaturated/α-hetero) is 1. The molecule has 1 fully saturated rings. The van der Waals surface area contributed by atoms with Crippen molar-refractivity contribution < 1.29 is 33.6 Å². The Kier molecular flexibility index (Phi) is 9.40. The van der Waals surface area contributed by atoms with Crippen molar-refractivity contribution in [3.8, 4) is 23.0 Å². The minimum atomic E-state index is -1.01. The fraction of sp³-hybridized carbons (Fsp3) is 0.216. The third-order valence-electron chi connectivity index (χ3n) is 7.85. The highest BCUT2D eigenvalue weighted by molar-refractivity contribution is 7.22. The Morgan fingerprint density at radius 3 is 2.47 bits per heavy atom. The van der Waals surface area contributed by atoms with Gasteiger partial charge in [-0.2, -0.15) is 0 Å². The smallest absolute Gasteiger partial charge is 0.301 e. The predicted octanol–water partition coefficient (Wildman–Crippen LogP) is 7.70. The number of ether oxygens (including phenoxy) is 4.